The molecule has 0 amide bonds. The van der Waals surface area contributed by atoms with Gasteiger partial charge in [0, 0.05) is 74.4 Å². The maximum atomic E-state index is 14.0. The van der Waals surface area contributed by atoms with Crippen LogP contribution >= 0.6 is 0 Å². The highest BCUT2D eigenvalue weighted by Crippen LogP contribution is 2.24. The van der Waals surface area contributed by atoms with E-state index in [4.69, 9.17) is 10.1 Å². The molecular weight excluding hydrogens is 557 g/mol. The molecule has 6 rings (SSSR count). The first-order chi connectivity index (χ1) is 21.5. The molecule has 0 bridgehead atoms. The largest absolute Gasteiger partial charge is 0.379 e. The third kappa shape index (κ3) is 6.66. The summed E-state index contributed by atoms with van der Waals surface area (Å²) >= 11 is 0. The van der Waals surface area contributed by atoms with E-state index in [0.29, 0.717) is 24.3 Å². The molecule has 1 atom stereocenters. The number of pyridine rings is 1. The van der Waals surface area contributed by atoms with E-state index in [1.807, 2.05) is 42.2 Å². The highest BCUT2D eigenvalue weighted by atomic mass is 19.1. The highest BCUT2D eigenvalue weighted by molar-refractivity contribution is 5.91. The molecule has 1 aliphatic heterocycles. The third-order valence-corrected chi connectivity index (χ3v) is 8.14. The van der Waals surface area contributed by atoms with Crippen molar-refractivity contribution in [3.63, 3.8) is 0 Å². The zero-order valence-corrected chi connectivity index (χ0v) is 24.8. The van der Waals surface area contributed by atoms with Gasteiger partial charge >= 0.3 is 0 Å². The van der Waals surface area contributed by atoms with E-state index >= 15 is 0 Å². The molecule has 3 aromatic heterocycles. The minimum absolute atomic E-state index is 0.198. The maximum Gasteiger partial charge on any atom is 0.266 e. The maximum absolute atomic E-state index is 14.0. The molecule has 1 N–H and O–H groups in total. The quantitative estimate of drug-likeness (QED) is 0.173. The number of halogens is 1. The number of rotatable bonds is 11. The van der Waals surface area contributed by atoms with Crippen LogP contribution in [0.1, 0.15) is 29.0 Å². The van der Waals surface area contributed by atoms with E-state index in [-0.39, 0.29) is 17.3 Å². The van der Waals surface area contributed by atoms with E-state index in [0.717, 1.165) is 78.8 Å². The summed E-state index contributed by atoms with van der Waals surface area (Å²) in [7, 11) is 0. The monoisotopic (exact) mass is 593 g/mol. The molecule has 1 aliphatic rings. The number of morpholine rings is 1. The lowest BCUT2D eigenvalue weighted by Gasteiger charge is -2.26. The summed E-state index contributed by atoms with van der Waals surface area (Å²) in [5.74, 6) is -0.00902. The minimum Gasteiger partial charge on any atom is -0.379 e. The van der Waals surface area contributed by atoms with Crippen LogP contribution in [0.25, 0.3) is 27.6 Å². The van der Waals surface area contributed by atoms with Gasteiger partial charge in [-0.05, 0) is 78.9 Å². The standard InChI is InChI=1S/C34H36FN7O2/c1-24-23-41(32-19-29(35)4-5-30(24)32)33-7-8-34(43)42(39-33)12-9-25-3-6-31-26(17-25)18-27(22-38-31)28(20-36)21-37-10-2-11-40-13-15-44-16-14-40/h3-8,17-23,28,36H,2,9-16H2,1H3. The second-order valence-corrected chi connectivity index (χ2v) is 11.2. The normalized spacial score (nSPS) is 15.0. The summed E-state index contributed by atoms with van der Waals surface area (Å²) in [6.07, 6.45) is 8.52. The van der Waals surface area contributed by atoms with Crippen molar-refractivity contribution in [1.29, 1.82) is 5.41 Å². The molecule has 0 spiro atoms. The number of hydrogen-bond donors (Lipinski definition) is 1. The van der Waals surface area contributed by atoms with Crippen molar-refractivity contribution in [3.05, 3.63) is 99.9 Å². The molecule has 10 heteroatoms. The van der Waals surface area contributed by atoms with Gasteiger partial charge in [-0.1, -0.05) is 6.07 Å². The molecule has 1 fully saturated rings. The molecule has 1 unspecified atom stereocenters. The van der Waals surface area contributed by atoms with Crippen molar-refractivity contribution < 1.29 is 9.13 Å². The van der Waals surface area contributed by atoms with Gasteiger partial charge < -0.3 is 10.1 Å². The van der Waals surface area contributed by atoms with Crippen molar-refractivity contribution in [1.82, 2.24) is 24.2 Å². The smallest absolute Gasteiger partial charge is 0.266 e. The number of fused-ring (bicyclic) bond motifs is 2. The van der Waals surface area contributed by atoms with Crippen LogP contribution in [-0.4, -0.2) is 76.1 Å². The number of benzene rings is 2. The number of nitrogens with one attached hydrogen (secondary N) is 1. The first-order valence-corrected chi connectivity index (χ1v) is 15.0. The Bertz CT molecular complexity index is 1870. The van der Waals surface area contributed by atoms with Gasteiger partial charge in [-0.25, -0.2) is 9.07 Å². The van der Waals surface area contributed by atoms with Crippen LogP contribution in [0.5, 0.6) is 0 Å². The molecule has 5 aromatic rings. The van der Waals surface area contributed by atoms with Crippen molar-refractivity contribution in [2.75, 3.05) is 39.4 Å². The second kappa shape index (κ2) is 13.4. The van der Waals surface area contributed by atoms with Gasteiger partial charge in [-0.3, -0.25) is 24.2 Å². The van der Waals surface area contributed by atoms with Crippen molar-refractivity contribution >= 4 is 34.2 Å². The van der Waals surface area contributed by atoms with Crippen LogP contribution in [0.4, 0.5) is 4.39 Å². The van der Waals surface area contributed by atoms with Crippen LogP contribution in [0.3, 0.4) is 0 Å². The van der Waals surface area contributed by atoms with Gasteiger partial charge in [0.25, 0.3) is 5.56 Å². The zero-order valence-electron chi connectivity index (χ0n) is 24.8. The molecule has 44 heavy (non-hydrogen) atoms. The Kier molecular flexibility index (Phi) is 8.99. The number of nitrogens with zero attached hydrogens (tertiary/aromatic N) is 6. The molecule has 2 aromatic carbocycles. The van der Waals surface area contributed by atoms with Gasteiger partial charge in [0.1, 0.15) is 5.82 Å². The average Bonchev–Trinajstić information content (AvgIpc) is 3.37. The number of aryl methyl sites for hydroxylation is 3. The summed E-state index contributed by atoms with van der Waals surface area (Å²) in [6, 6.07) is 16.0. The van der Waals surface area contributed by atoms with Crippen LogP contribution in [0, 0.1) is 18.2 Å². The Balaban J connectivity index is 1.14. The topological polar surface area (TPSA) is 101 Å². The molecule has 0 aliphatic carbocycles. The van der Waals surface area contributed by atoms with Crippen LogP contribution in [-0.2, 0) is 17.7 Å². The average molecular weight is 594 g/mol. The van der Waals surface area contributed by atoms with E-state index in [2.05, 4.69) is 32.1 Å². The first-order valence-electron chi connectivity index (χ1n) is 15.0. The fraction of sp³-hybridized carbons (Fsp3) is 0.324. The predicted molar refractivity (Wildman–Crippen MR) is 172 cm³/mol. The number of aromatic nitrogens is 4. The zero-order chi connectivity index (χ0) is 30.5. The highest BCUT2D eigenvalue weighted by Gasteiger charge is 2.13. The van der Waals surface area contributed by atoms with Crippen LogP contribution in [0.15, 0.2) is 76.8 Å². The summed E-state index contributed by atoms with van der Waals surface area (Å²) < 4.78 is 22.7. The Morgan fingerprint density at radius 2 is 1.95 bits per heavy atom. The lowest BCUT2D eigenvalue weighted by atomic mass is 10.0. The number of ether oxygens (including phenoxy) is 1. The lowest BCUT2D eigenvalue weighted by molar-refractivity contribution is 0.0377. The fourth-order valence-electron chi connectivity index (χ4n) is 5.68. The van der Waals surface area contributed by atoms with Crippen molar-refractivity contribution in [3.8, 4) is 5.82 Å². The summed E-state index contributed by atoms with van der Waals surface area (Å²) in [4.78, 5) is 24.3. The fourth-order valence-corrected chi connectivity index (χ4v) is 5.68. The Morgan fingerprint density at radius 1 is 1.09 bits per heavy atom. The molecular formula is C34H36FN7O2. The minimum atomic E-state index is -0.321. The Labute approximate surface area is 255 Å². The SMILES string of the molecule is Cc1cn(-c2ccc(=O)n(CCc3ccc4ncc(C(C=N)C=NCCCN5CCOCC5)cc4c3)n2)c2cc(F)ccc12. The molecule has 0 radical (unpaired) electrons. The van der Waals surface area contributed by atoms with E-state index in [1.165, 1.54) is 29.1 Å². The summed E-state index contributed by atoms with van der Waals surface area (Å²) in [5.41, 5.74) is 4.34. The van der Waals surface area contributed by atoms with Gasteiger partial charge in [0.05, 0.1) is 30.2 Å². The third-order valence-electron chi connectivity index (χ3n) is 8.14. The van der Waals surface area contributed by atoms with Crippen molar-refractivity contribution in [2.45, 2.75) is 32.2 Å². The van der Waals surface area contributed by atoms with Gasteiger partial charge in [-0.2, -0.15) is 5.10 Å². The molecule has 1 saturated heterocycles. The van der Waals surface area contributed by atoms with E-state index in [1.54, 1.807) is 12.1 Å². The van der Waals surface area contributed by atoms with Crippen LogP contribution < -0.4 is 5.56 Å². The Morgan fingerprint density at radius 3 is 2.80 bits per heavy atom. The summed E-state index contributed by atoms with van der Waals surface area (Å²) in [6.45, 7) is 7.63. The second-order valence-electron chi connectivity index (χ2n) is 11.2. The molecule has 4 heterocycles. The van der Waals surface area contributed by atoms with E-state index < -0.39 is 0 Å². The number of hydrogen-bond acceptors (Lipinski definition) is 7. The van der Waals surface area contributed by atoms with Crippen LogP contribution in [0.2, 0.25) is 0 Å². The predicted octanol–water partition coefficient (Wildman–Crippen LogP) is 4.95. The van der Waals surface area contributed by atoms with Gasteiger partial charge in [0.15, 0.2) is 5.82 Å². The molecule has 9 nitrogen and oxygen atoms in total. The van der Waals surface area contributed by atoms with E-state index in [9.17, 15) is 9.18 Å². The lowest BCUT2D eigenvalue weighted by Crippen LogP contribution is -2.37. The Hall–Kier alpha value is -4.54. The first kappa shape index (κ1) is 29.5. The summed E-state index contributed by atoms with van der Waals surface area (Å²) in [5, 5.41) is 14.5. The number of aliphatic imine (C=N–C) groups is 1. The van der Waals surface area contributed by atoms with Gasteiger partial charge in [-0.15, -0.1) is 0 Å². The molecule has 0 saturated carbocycles. The van der Waals surface area contributed by atoms with Crippen molar-refractivity contribution in [2.24, 2.45) is 4.99 Å². The molecule has 226 valence electrons. The van der Waals surface area contributed by atoms with Gasteiger partial charge in [0.2, 0.25) is 0 Å².